The van der Waals surface area contributed by atoms with Crippen molar-refractivity contribution in [2.24, 2.45) is 0 Å². The first kappa shape index (κ1) is 24.5. The largest absolute Gasteiger partial charge is 0.379 e. The molecule has 7 nitrogen and oxygen atoms in total. The molecule has 4 rings (SSSR count). The van der Waals surface area contributed by atoms with Gasteiger partial charge in [-0.05, 0) is 32.4 Å². The minimum Gasteiger partial charge on any atom is -0.379 e. The van der Waals surface area contributed by atoms with Gasteiger partial charge in [-0.3, -0.25) is 19.3 Å². The molecule has 32 heavy (non-hydrogen) atoms. The van der Waals surface area contributed by atoms with Crippen LogP contribution in [0, 0.1) is 18.6 Å². The number of carbonyl (C=O) groups is 1. The second-order valence-electron chi connectivity index (χ2n) is 7.48. The minimum atomic E-state index is -0.732. The molecule has 174 valence electrons. The van der Waals surface area contributed by atoms with Crippen LogP contribution in [0.2, 0.25) is 0 Å². The molecule has 3 aromatic rings. The fraction of sp³-hybridized carbons (Fsp3) is 0.476. The SMILES string of the molecule is CCn1nc(C(=O)N(CCCN2CCOCC2)c2nc3c(F)cc(F)cc3s2)cc1C.Cl. The van der Waals surface area contributed by atoms with Crippen LogP contribution in [0.5, 0.6) is 0 Å². The van der Waals surface area contributed by atoms with Gasteiger partial charge in [-0.1, -0.05) is 11.3 Å². The van der Waals surface area contributed by atoms with Gasteiger partial charge in [0.1, 0.15) is 11.3 Å². The summed E-state index contributed by atoms with van der Waals surface area (Å²) < 4.78 is 35.4. The Labute approximate surface area is 195 Å². The lowest BCUT2D eigenvalue weighted by Gasteiger charge is -2.27. The third kappa shape index (κ3) is 5.25. The highest BCUT2D eigenvalue weighted by Crippen LogP contribution is 2.32. The molecule has 1 aliphatic heterocycles. The van der Waals surface area contributed by atoms with Crippen molar-refractivity contribution in [2.75, 3.05) is 44.3 Å². The van der Waals surface area contributed by atoms with Crippen molar-refractivity contribution in [1.82, 2.24) is 19.7 Å². The van der Waals surface area contributed by atoms with E-state index in [1.165, 1.54) is 11.0 Å². The highest BCUT2D eigenvalue weighted by molar-refractivity contribution is 7.22. The number of fused-ring (bicyclic) bond motifs is 1. The smallest absolute Gasteiger partial charge is 0.280 e. The first-order valence-corrected chi connectivity index (χ1v) is 11.2. The van der Waals surface area contributed by atoms with Crippen LogP contribution in [0.25, 0.3) is 10.2 Å². The molecular formula is C21H26ClF2N5O2S. The van der Waals surface area contributed by atoms with Gasteiger partial charge in [-0.25, -0.2) is 13.8 Å². The molecule has 1 fully saturated rings. The monoisotopic (exact) mass is 485 g/mol. The molecule has 0 radical (unpaired) electrons. The van der Waals surface area contributed by atoms with Crippen LogP contribution in [0.4, 0.5) is 13.9 Å². The maximum Gasteiger partial charge on any atom is 0.280 e. The van der Waals surface area contributed by atoms with Gasteiger partial charge < -0.3 is 4.74 Å². The summed E-state index contributed by atoms with van der Waals surface area (Å²) in [7, 11) is 0. The Balaban J connectivity index is 0.00000289. The highest BCUT2D eigenvalue weighted by atomic mass is 35.5. The second kappa shape index (κ2) is 10.7. The predicted molar refractivity (Wildman–Crippen MR) is 123 cm³/mol. The number of halogens is 3. The summed E-state index contributed by atoms with van der Waals surface area (Å²) in [6.07, 6.45) is 0.714. The highest BCUT2D eigenvalue weighted by Gasteiger charge is 2.25. The summed E-state index contributed by atoms with van der Waals surface area (Å²) in [5.74, 6) is -1.69. The normalized spacial score (nSPS) is 14.5. The lowest BCUT2D eigenvalue weighted by atomic mass is 10.3. The molecule has 11 heteroatoms. The van der Waals surface area contributed by atoms with Crippen LogP contribution < -0.4 is 4.90 Å². The van der Waals surface area contributed by atoms with Crippen LogP contribution >= 0.6 is 23.7 Å². The first-order valence-electron chi connectivity index (χ1n) is 10.4. The number of amides is 1. The first-order chi connectivity index (χ1) is 15.0. The maximum absolute atomic E-state index is 14.2. The standard InChI is InChI=1S/C21H25F2N5O2S.ClH/c1-3-28-14(2)11-17(25-28)20(29)27(6-4-5-26-7-9-30-10-8-26)21-24-19-16(23)12-15(22)13-18(19)31-21;/h11-13H,3-10H2,1-2H3;1H. The Morgan fingerprint density at radius 2 is 2.00 bits per heavy atom. The molecule has 0 atom stereocenters. The van der Waals surface area contributed by atoms with Crippen molar-refractivity contribution in [3.8, 4) is 0 Å². The number of anilines is 1. The van der Waals surface area contributed by atoms with E-state index >= 15 is 0 Å². The number of benzene rings is 1. The Morgan fingerprint density at radius 3 is 2.69 bits per heavy atom. The molecule has 1 aliphatic rings. The lowest BCUT2D eigenvalue weighted by molar-refractivity contribution is 0.0376. The third-order valence-corrected chi connectivity index (χ3v) is 6.36. The molecule has 1 amide bonds. The molecule has 1 saturated heterocycles. The van der Waals surface area contributed by atoms with Crippen LogP contribution in [0.1, 0.15) is 29.5 Å². The van der Waals surface area contributed by atoms with Crippen molar-refractivity contribution >= 4 is 45.0 Å². The molecule has 0 unspecified atom stereocenters. The van der Waals surface area contributed by atoms with Crippen molar-refractivity contribution < 1.29 is 18.3 Å². The number of hydrogen-bond donors (Lipinski definition) is 0. The topological polar surface area (TPSA) is 63.5 Å². The summed E-state index contributed by atoms with van der Waals surface area (Å²) in [5.41, 5.74) is 1.27. The van der Waals surface area contributed by atoms with Crippen molar-refractivity contribution in [2.45, 2.75) is 26.8 Å². The molecule has 0 bridgehead atoms. The number of aryl methyl sites for hydroxylation is 2. The van der Waals surface area contributed by atoms with Gasteiger partial charge in [0, 0.05) is 44.5 Å². The molecule has 0 spiro atoms. The Kier molecular flexibility index (Phi) is 8.16. The fourth-order valence-corrected chi connectivity index (χ4v) is 4.72. The Morgan fingerprint density at radius 1 is 1.25 bits per heavy atom. The summed E-state index contributed by atoms with van der Waals surface area (Å²) in [4.78, 5) is 21.5. The number of ether oxygens (including phenoxy) is 1. The van der Waals surface area contributed by atoms with E-state index in [0.29, 0.717) is 48.2 Å². The van der Waals surface area contributed by atoms with E-state index in [1.807, 2.05) is 13.8 Å². The third-order valence-electron chi connectivity index (χ3n) is 5.34. The zero-order valence-corrected chi connectivity index (χ0v) is 19.6. The van der Waals surface area contributed by atoms with E-state index < -0.39 is 11.6 Å². The van der Waals surface area contributed by atoms with Gasteiger partial charge in [0.25, 0.3) is 5.91 Å². The average molecular weight is 486 g/mol. The number of aromatic nitrogens is 3. The van der Waals surface area contributed by atoms with Gasteiger partial charge in [-0.2, -0.15) is 5.10 Å². The van der Waals surface area contributed by atoms with Crippen LogP contribution in [-0.4, -0.2) is 65.0 Å². The van der Waals surface area contributed by atoms with Crippen LogP contribution in [0.15, 0.2) is 18.2 Å². The van der Waals surface area contributed by atoms with E-state index in [4.69, 9.17) is 4.74 Å². The number of morpholine rings is 1. The van der Waals surface area contributed by atoms with Crippen molar-refractivity contribution in [3.05, 3.63) is 41.2 Å². The Hall–Kier alpha value is -2.14. The number of rotatable bonds is 7. The number of hydrogen-bond acceptors (Lipinski definition) is 6. The molecule has 2 aromatic heterocycles. The predicted octanol–water partition coefficient (Wildman–Crippen LogP) is 3.89. The van der Waals surface area contributed by atoms with Crippen molar-refractivity contribution in [1.29, 1.82) is 0 Å². The van der Waals surface area contributed by atoms with E-state index in [1.54, 1.807) is 10.7 Å². The van der Waals surface area contributed by atoms with Gasteiger partial charge in [0.05, 0.1) is 17.9 Å². The number of nitrogens with zero attached hydrogens (tertiary/aromatic N) is 5. The van der Waals surface area contributed by atoms with Gasteiger partial charge in [-0.15, -0.1) is 12.4 Å². The Bertz CT molecular complexity index is 1080. The van der Waals surface area contributed by atoms with Crippen molar-refractivity contribution in [3.63, 3.8) is 0 Å². The van der Waals surface area contributed by atoms with E-state index in [-0.39, 0.29) is 23.8 Å². The molecule has 1 aromatic carbocycles. The molecular weight excluding hydrogens is 460 g/mol. The summed E-state index contributed by atoms with van der Waals surface area (Å²) in [6, 6.07) is 3.79. The number of thiazole rings is 1. The van der Waals surface area contributed by atoms with E-state index in [2.05, 4.69) is 15.0 Å². The zero-order chi connectivity index (χ0) is 22.0. The molecule has 0 aliphatic carbocycles. The fourth-order valence-electron chi connectivity index (χ4n) is 3.70. The van der Waals surface area contributed by atoms with E-state index in [0.717, 1.165) is 42.7 Å². The zero-order valence-electron chi connectivity index (χ0n) is 18.0. The average Bonchev–Trinajstić information content (AvgIpc) is 3.35. The minimum absolute atomic E-state index is 0. The molecule has 0 saturated carbocycles. The van der Waals surface area contributed by atoms with Crippen LogP contribution in [0.3, 0.4) is 0 Å². The van der Waals surface area contributed by atoms with Crippen LogP contribution in [-0.2, 0) is 11.3 Å². The number of carbonyl (C=O) groups excluding carboxylic acids is 1. The summed E-state index contributed by atoms with van der Waals surface area (Å²) in [6.45, 7) is 8.85. The van der Waals surface area contributed by atoms with E-state index in [9.17, 15) is 13.6 Å². The summed E-state index contributed by atoms with van der Waals surface area (Å²) in [5, 5.41) is 4.74. The van der Waals surface area contributed by atoms with Gasteiger partial charge in [0.15, 0.2) is 16.6 Å². The molecule has 0 N–H and O–H groups in total. The summed E-state index contributed by atoms with van der Waals surface area (Å²) >= 11 is 1.11. The lowest BCUT2D eigenvalue weighted by Crippen LogP contribution is -2.39. The maximum atomic E-state index is 14.2. The second-order valence-corrected chi connectivity index (χ2v) is 8.49. The quantitative estimate of drug-likeness (QED) is 0.508. The molecule has 3 heterocycles. The van der Waals surface area contributed by atoms with Gasteiger partial charge in [0.2, 0.25) is 0 Å². The van der Waals surface area contributed by atoms with Gasteiger partial charge >= 0.3 is 0 Å².